The van der Waals surface area contributed by atoms with Crippen molar-refractivity contribution >= 4 is 23.9 Å². The smallest absolute Gasteiger partial charge is 0.333 e. The van der Waals surface area contributed by atoms with E-state index in [1.54, 1.807) is 6.92 Å². The van der Waals surface area contributed by atoms with E-state index in [9.17, 15) is 29.4 Å². The summed E-state index contributed by atoms with van der Waals surface area (Å²) in [6.07, 6.45) is 11.8. The lowest BCUT2D eigenvalue weighted by Gasteiger charge is -2.64. The van der Waals surface area contributed by atoms with Crippen molar-refractivity contribution in [3.05, 3.63) is 12.2 Å². The van der Waals surface area contributed by atoms with Crippen molar-refractivity contribution in [1.82, 2.24) is 0 Å². The number of carboxylic acids is 1. The van der Waals surface area contributed by atoms with Crippen LogP contribution in [0.4, 0.5) is 0 Å². The van der Waals surface area contributed by atoms with Gasteiger partial charge in [0.15, 0.2) is 5.79 Å². The molecule has 13 fully saturated rings. The molecule has 8 unspecified atom stereocenters. The molecule has 1 heterocycles. The Balaban J connectivity index is 0.881. The van der Waals surface area contributed by atoms with Crippen LogP contribution in [-0.2, 0) is 42.9 Å². The first-order valence-corrected chi connectivity index (χ1v) is 20.6. The molecule has 8 atom stereocenters. The molecule has 53 heavy (non-hydrogen) atoms. The molecule has 13 rings (SSSR count). The maximum Gasteiger partial charge on any atom is 0.333 e. The molecule has 13 aliphatic rings. The highest BCUT2D eigenvalue weighted by Gasteiger charge is 2.69. The molecule has 12 saturated carbocycles. The zero-order valence-electron chi connectivity index (χ0n) is 31.1. The fraction of sp³-hybridized carbons (Fsp3) is 0.857. The lowest BCUT2D eigenvalue weighted by molar-refractivity contribution is -0.397. The zero-order chi connectivity index (χ0) is 36.8. The van der Waals surface area contributed by atoms with Crippen LogP contribution in [0.1, 0.15) is 116 Å². The second kappa shape index (κ2) is 11.5. The van der Waals surface area contributed by atoms with Gasteiger partial charge in [0.1, 0.15) is 18.3 Å². The van der Waals surface area contributed by atoms with Gasteiger partial charge in [0.25, 0.3) is 0 Å². The van der Waals surface area contributed by atoms with E-state index in [1.807, 2.05) is 0 Å². The SMILES string of the molecule is C=C(C)C(=O)OC12CC3CC(C1)CC(C(=O)OCC1OC4(OCC1COC(=O)C15CC6CC(CC(O)(C6)C1)C5)C1CC5CC4CC(C(=O)O)(C5)C1)(C3)C2. The van der Waals surface area contributed by atoms with Crippen LogP contribution in [0.2, 0.25) is 0 Å². The number of carbonyl (C=O) groups excluding carboxylic acids is 3. The number of aliphatic hydroxyl groups is 1. The summed E-state index contributed by atoms with van der Waals surface area (Å²) in [5.74, 6) is -1.57. The van der Waals surface area contributed by atoms with Crippen LogP contribution in [0, 0.1) is 63.6 Å². The number of aliphatic carboxylic acids is 1. The van der Waals surface area contributed by atoms with Crippen molar-refractivity contribution in [1.29, 1.82) is 0 Å². The molecular formula is C42H56O11. The van der Waals surface area contributed by atoms with Crippen LogP contribution in [0.3, 0.4) is 0 Å². The molecule has 11 nitrogen and oxygen atoms in total. The van der Waals surface area contributed by atoms with E-state index in [2.05, 4.69) is 6.58 Å². The minimum atomic E-state index is -0.960. The summed E-state index contributed by atoms with van der Waals surface area (Å²) >= 11 is 0. The number of esters is 3. The molecule has 11 heteroatoms. The zero-order valence-corrected chi connectivity index (χ0v) is 31.1. The fourth-order valence-corrected chi connectivity index (χ4v) is 15.6. The number of carboxylic acid groups (broad SMARTS) is 1. The van der Waals surface area contributed by atoms with Crippen molar-refractivity contribution in [2.24, 2.45) is 63.6 Å². The Hall–Kier alpha value is -2.50. The summed E-state index contributed by atoms with van der Waals surface area (Å²) in [6, 6.07) is 0. The Kier molecular flexibility index (Phi) is 7.60. The van der Waals surface area contributed by atoms with Gasteiger partial charge in [-0.15, -0.1) is 0 Å². The first-order chi connectivity index (χ1) is 25.1. The monoisotopic (exact) mass is 736 g/mol. The van der Waals surface area contributed by atoms with E-state index in [0.29, 0.717) is 68.3 Å². The highest BCUT2D eigenvalue weighted by Crippen LogP contribution is 2.67. The topological polar surface area (TPSA) is 155 Å². The molecular weight excluding hydrogens is 680 g/mol. The van der Waals surface area contributed by atoms with Crippen LogP contribution in [-0.4, -0.2) is 77.0 Å². The minimum absolute atomic E-state index is 0.0240. The molecule has 2 N–H and O–H groups in total. The highest BCUT2D eigenvalue weighted by atomic mass is 16.7. The van der Waals surface area contributed by atoms with Crippen LogP contribution < -0.4 is 0 Å². The van der Waals surface area contributed by atoms with Crippen LogP contribution >= 0.6 is 0 Å². The van der Waals surface area contributed by atoms with Gasteiger partial charge in [0.2, 0.25) is 0 Å². The van der Waals surface area contributed by atoms with Crippen molar-refractivity contribution < 1.29 is 53.1 Å². The van der Waals surface area contributed by atoms with E-state index in [-0.39, 0.29) is 61.3 Å². The predicted molar refractivity (Wildman–Crippen MR) is 185 cm³/mol. The quantitative estimate of drug-likeness (QED) is 0.175. The van der Waals surface area contributed by atoms with Gasteiger partial charge >= 0.3 is 23.9 Å². The van der Waals surface area contributed by atoms with Gasteiger partial charge in [-0.25, -0.2) is 4.79 Å². The second-order valence-corrected chi connectivity index (χ2v) is 20.6. The summed E-state index contributed by atoms with van der Waals surface area (Å²) in [4.78, 5) is 53.6. The van der Waals surface area contributed by atoms with Crippen molar-refractivity contribution in [3.63, 3.8) is 0 Å². The van der Waals surface area contributed by atoms with Crippen LogP contribution in [0.25, 0.3) is 0 Å². The number of hydrogen-bond donors (Lipinski definition) is 2. The summed E-state index contributed by atoms with van der Waals surface area (Å²) in [7, 11) is 0. The van der Waals surface area contributed by atoms with Gasteiger partial charge in [-0.2, -0.15) is 0 Å². The molecule has 1 saturated heterocycles. The second-order valence-electron chi connectivity index (χ2n) is 20.6. The average Bonchev–Trinajstić information content (AvgIpc) is 3.06. The Morgan fingerprint density at radius 3 is 1.81 bits per heavy atom. The lowest BCUT2D eigenvalue weighted by atomic mass is 9.47. The number of rotatable bonds is 9. The van der Waals surface area contributed by atoms with E-state index < -0.39 is 51.3 Å². The first-order valence-electron chi connectivity index (χ1n) is 20.6. The molecule has 1 aliphatic heterocycles. The third-order valence-corrected chi connectivity index (χ3v) is 16.5. The number of ether oxygens (including phenoxy) is 5. The van der Waals surface area contributed by atoms with Gasteiger partial charge < -0.3 is 33.9 Å². The van der Waals surface area contributed by atoms with Gasteiger partial charge in [0, 0.05) is 29.7 Å². The largest absolute Gasteiger partial charge is 0.481 e. The maximum absolute atomic E-state index is 14.4. The van der Waals surface area contributed by atoms with Gasteiger partial charge in [-0.05, 0) is 139 Å². The molecule has 12 aliphatic carbocycles. The summed E-state index contributed by atoms with van der Waals surface area (Å²) in [5.41, 5.74) is -3.25. The number of carbonyl (C=O) groups is 4. The van der Waals surface area contributed by atoms with E-state index in [1.165, 1.54) is 0 Å². The van der Waals surface area contributed by atoms with E-state index in [4.69, 9.17) is 23.7 Å². The molecule has 290 valence electrons. The molecule has 0 amide bonds. The normalized spacial score (nSPS) is 52.1. The maximum atomic E-state index is 14.4. The molecule has 1 spiro atoms. The van der Waals surface area contributed by atoms with E-state index in [0.717, 1.165) is 64.2 Å². The minimum Gasteiger partial charge on any atom is -0.481 e. The summed E-state index contributed by atoms with van der Waals surface area (Å²) < 4.78 is 32.4. The lowest BCUT2D eigenvalue weighted by Crippen LogP contribution is -2.68. The Labute approximate surface area is 311 Å². The number of hydrogen-bond acceptors (Lipinski definition) is 10. The van der Waals surface area contributed by atoms with Crippen molar-refractivity contribution in [2.45, 2.75) is 139 Å². The van der Waals surface area contributed by atoms with Crippen LogP contribution in [0.5, 0.6) is 0 Å². The van der Waals surface area contributed by atoms with Gasteiger partial charge in [-0.3, -0.25) is 14.4 Å². The molecule has 0 radical (unpaired) electrons. The fourth-order valence-electron chi connectivity index (χ4n) is 15.6. The van der Waals surface area contributed by atoms with Crippen molar-refractivity contribution in [2.75, 3.05) is 19.8 Å². The predicted octanol–water partition coefficient (Wildman–Crippen LogP) is 5.50. The molecule has 12 bridgehead atoms. The summed E-state index contributed by atoms with van der Waals surface area (Å²) in [6.45, 7) is 5.72. The van der Waals surface area contributed by atoms with Crippen molar-refractivity contribution in [3.8, 4) is 0 Å². The third kappa shape index (κ3) is 5.35. The highest BCUT2D eigenvalue weighted by molar-refractivity contribution is 5.87. The van der Waals surface area contributed by atoms with Crippen LogP contribution in [0.15, 0.2) is 12.2 Å². The van der Waals surface area contributed by atoms with Gasteiger partial charge in [-0.1, -0.05) is 6.58 Å². The third-order valence-electron chi connectivity index (χ3n) is 16.5. The molecule has 0 aromatic heterocycles. The Bertz CT molecular complexity index is 1590. The first kappa shape index (κ1) is 35.0. The Morgan fingerprint density at radius 1 is 0.698 bits per heavy atom. The Morgan fingerprint density at radius 2 is 1.25 bits per heavy atom. The molecule has 0 aromatic rings. The van der Waals surface area contributed by atoms with E-state index >= 15 is 0 Å². The average molecular weight is 737 g/mol. The molecule has 0 aromatic carbocycles. The summed E-state index contributed by atoms with van der Waals surface area (Å²) in [5, 5.41) is 21.6. The van der Waals surface area contributed by atoms with Gasteiger partial charge in [0.05, 0.1) is 35.1 Å². The standard InChI is InChI=1S/C42H56O11/c1-23(2)33(43)53-41-14-27-4-28(15-41)11-39(10-27,22-41)36(47)50-20-32-29(18-49-35(46)38-8-25-3-26(9-38)13-40(48,12-25)21-38)19-51-42(52-32)30-5-24-6-31(42)17-37(7-24,16-30)34(44)45/h24-32,48H,1,3-22H2,2H3,(H,44,45).